The van der Waals surface area contributed by atoms with E-state index in [1.54, 1.807) is 98.8 Å². The van der Waals surface area contributed by atoms with Crippen LogP contribution < -0.4 is 15.0 Å². The highest BCUT2D eigenvalue weighted by Crippen LogP contribution is 2.52. The maximum atomic E-state index is 15.1. The molecule has 232 valence electrons. The van der Waals surface area contributed by atoms with Crippen molar-refractivity contribution in [2.24, 2.45) is 32.6 Å². The first kappa shape index (κ1) is 29.4. The lowest BCUT2D eigenvalue weighted by molar-refractivity contribution is -0.384. The summed E-state index contributed by atoms with van der Waals surface area (Å²) >= 11 is 0. The van der Waals surface area contributed by atoms with Gasteiger partial charge in [-0.05, 0) is 67.9 Å². The molecule has 0 N–H and O–H groups in total. The number of rotatable bonds is 7. The van der Waals surface area contributed by atoms with E-state index in [-0.39, 0.29) is 17.1 Å². The fraction of sp³-hybridized carbons (Fsp3) is 0.143. The van der Waals surface area contributed by atoms with Crippen LogP contribution in [0, 0.1) is 27.4 Å². The van der Waals surface area contributed by atoms with E-state index >= 15 is 4.79 Å². The van der Waals surface area contributed by atoms with Gasteiger partial charge in [0.05, 0.1) is 33.4 Å². The third-order valence-electron chi connectivity index (χ3n) is 8.75. The molecule has 0 spiro atoms. The first-order valence-electron chi connectivity index (χ1n) is 14.8. The number of benzene rings is 4. The number of hydrazone groups is 3. The highest BCUT2D eigenvalue weighted by atomic mass is 16.6. The van der Waals surface area contributed by atoms with E-state index in [1.165, 1.54) is 39.3 Å². The number of carbonyl (C=O) groups is 3. The number of nitrogens with zero attached hydrogens (tertiary/aromatic N) is 7. The molecule has 12 nitrogen and oxygen atoms in total. The zero-order valence-corrected chi connectivity index (χ0v) is 25.3. The van der Waals surface area contributed by atoms with Crippen LogP contribution in [0.4, 0.5) is 22.7 Å². The van der Waals surface area contributed by atoms with Crippen LogP contribution >= 0.6 is 0 Å². The first-order chi connectivity index (χ1) is 22.7. The molecule has 0 aliphatic carbocycles. The summed E-state index contributed by atoms with van der Waals surface area (Å²) in [6.07, 6.45) is 0. The smallest absolute Gasteiger partial charge is 0.269 e. The molecule has 3 aliphatic heterocycles. The van der Waals surface area contributed by atoms with Crippen LogP contribution in [-0.4, -0.2) is 39.8 Å². The van der Waals surface area contributed by atoms with Gasteiger partial charge in [-0.15, -0.1) is 0 Å². The minimum atomic E-state index is -1.90. The van der Waals surface area contributed by atoms with Gasteiger partial charge in [0.1, 0.15) is 17.3 Å². The number of hydrogen-bond donors (Lipinski definition) is 0. The minimum absolute atomic E-state index is 0.151. The van der Waals surface area contributed by atoms with Crippen molar-refractivity contribution in [2.45, 2.75) is 13.8 Å². The molecule has 3 heterocycles. The van der Waals surface area contributed by atoms with E-state index in [4.69, 9.17) is 10.2 Å². The number of hydrogen-bond acceptors (Lipinski definition) is 8. The van der Waals surface area contributed by atoms with Gasteiger partial charge in [-0.25, -0.2) is 5.01 Å². The van der Waals surface area contributed by atoms with Gasteiger partial charge >= 0.3 is 0 Å². The Hall–Kier alpha value is -6.30. The number of nitro benzene ring substituents is 1. The summed E-state index contributed by atoms with van der Waals surface area (Å²) < 4.78 is 0. The Morgan fingerprint density at radius 3 is 1.60 bits per heavy atom. The number of non-ortho nitro benzene ring substituents is 1. The summed E-state index contributed by atoms with van der Waals surface area (Å²) in [6, 6.07) is 32.0. The standard InChI is InChI=1S/C35H27N7O5/c1-22-29(32(43)39(36-22)25-12-6-3-7-13-25)35(23(2)37-41(34(35)45)27-16-10-5-11-17-27)30-31(24-18-20-28(21-19-24)42(46)47)38-40(33(30)44)26-14-8-4-9-15-26/h3-21,29-30H,1-2H3. The van der Waals surface area contributed by atoms with Crippen LogP contribution in [0.15, 0.2) is 131 Å². The second-order valence-electron chi connectivity index (χ2n) is 11.4. The van der Waals surface area contributed by atoms with E-state index in [0.717, 1.165) is 0 Å². The molecule has 0 saturated heterocycles. The van der Waals surface area contributed by atoms with E-state index < -0.39 is 39.9 Å². The fourth-order valence-corrected chi connectivity index (χ4v) is 6.62. The average Bonchev–Trinajstić information content (AvgIpc) is 3.69. The van der Waals surface area contributed by atoms with E-state index in [9.17, 15) is 19.7 Å². The Bertz CT molecular complexity index is 2010. The second kappa shape index (κ2) is 11.2. The van der Waals surface area contributed by atoms with Crippen LogP contribution in [-0.2, 0) is 14.4 Å². The van der Waals surface area contributed by atoms with Gasteiger partial charge < -0.3 is 0 Å². The Kier molecular flexibility index (Phi) is 7.04. The Labute approximate surface area is 269 Å². The topological polar surface area (TPSA) is 141 Å². The molecule has 3 aliphatic rings. The van der Waals surface area contributed by atoms with Crippen LogP contribution in [0.1, 0.15) is 19.4 Å². The summed E-state index contributed by atoms with van der Waals surface area (Å²) in [5.74, 6) is -4.24. The summed E-state index contributed by atoms with van der Waals surface area (Å²) in [5, 5.41) is 29.3. The molecule has 4 aromatic carbocycles. The van der Waals surface area contributed by atoms with Gasteiger partial charge in [0.25, 0.3) is 23.4 Å². The first-order valence-corrected chi connectivity index (χ1v) is 14.8. The van der Waals surface area contributed by atoms with Gasteiger partial charge in [-0.3, -0.25) is 24.5 Å². The lowest BCUT2D eigenvalue weighted by atomic mass is 9.59. The zero-order chi connectivity index (χ0) is 32.9. The summed E-state index contributed by atoms with van der Waals surface area (Å²) in [6.45, 7) is 3.30. The molecule has 0 bridgehead atoms. The van der Waals surface area contributed by atoms with Crippen LogP contribution in [0.25, 0.3) is 0 Å². The Morgan fingerprint density at radius 1 is 0.617 bits per heavy atom. The molecule has 0 saturated carbocycles. The van der Waals surface area contributed by atoms with Crippen LogP contribution in [0.2, 0.25) is 0 Å². The van der Waals surface area contributed by atoms with Crippen molar-refractivity contribution in [1.29, 1.82) is 0 Å². The SMILES string of the molecule is CC1=NN(c2ccccc2)C(=O)C1C1(C2C(=O)N(c3ccccc3)N=C2c2ccc([N+](=O)[O-])cc2)C(=O)N(c2ccccc2)N=C1C. The highest BCUT2D eigenvalue weighted by molar-refractivity contribution is 6.35. The molecule has 4 aromatic rings. The average molecular weight is 626 g/mol. The van der Waals surface area contributed by atoms with Crippen LogP contribution in [0.3, 0.4) is 0 Å². The molecule has 47 heavy (non-hydrogen) atoms. The molecule has 0 aromatic heterocycles. The lowest BCUT2D eigenvalue weighted by Gasteiger charge is -2.37. The molecule has 12 heteroatoms. The summed E-state index contributed by atoms with van der Waals surface area (Å²) in [7, 11) is 0. The molecule has 0 radical (unpaired) electrons. The molecule has 3 amide bonds. The van der Waals surface area contributed by atoms with E-state index in [1.807, 2.05) is 6.07 Å². The van der Waals surface area contributed by atoms with Crippen molar-refractivity contribution >= 4 is 57.6 Å². The maximum absolute atomic E-state index is 15.1. The summed E-state index contributed by atoms with van der Waals surface area (Å²) in [5.41, 5.74) is 0.468. The van der Waals surface area contributed by atoms with Gasteiger partial charge in [0.2, 0.25) is 0 Å². The summed E-state index contributed by atoms with van der Waals surface area (Å²) in [4.78, 5) is 55.5. The molecular formula is C35H27N7O5. The Morgan fingerprint density at radius 2 is 1.09 bits per heavy atom. The highest BCUT2D eigenvalue weighted by Gasteiger charge is 2.69. The van der Waals surface area contributed by atoms with Crippen molar-refractivity contribution in [3.63, 3.8) is 0 Å². The Balaban J connectivity index is 1.46. The second-order valence-corrected chi connectivity index (χ2v) is 11.4. The number of nitro groups is 1. The van der Waals surface area contributed by atoms with Crippen molar-refractivity contribution in [3.05, 3.63) is 131 Å². The quantitative estimate of drug-likeness (QED) is 0.200. The van der Waals surface area contributed by atoms with Crippen LogP contribution in [0.5, 0.6) is 0 Å². The monoisotopic (exact) mass is 625 g/mol. The third-order valence-corrected chi connectivity index (χ3v) is 8.75. The molecular weight excluding hydrogens is 598 g/mol. The number of carbonyl (C=O) groups excluding carboxylic acids is 3. The molecule has 3 unspecified atom stereocenters. The number of para-hydroxylation sites is 3. The third kappa shape index (κ3) is 4.52. The van der Waals surface area contributed by atoms with Gasteiger partial charge in [0, 0.05) is 17.8 Å². The minimum Gasteiger partial charge on any atom is -0.272 e. The number of amides is 3. The largest absolute Gasteiger partial charge is 0.272 e. The normalized spacial score (nSPS) is 22.5. The number of anilines is 3. The van der Waals surface area contributed by atoms with E-state index in [0.29, 0.717) is 28.3 Å². The van der Waals surface area contributed by atoms with Crippen molar-refractivity contribution in [1.82, 2.24) is 0 Å². The van der Waals surface area contributed by atoms with Gasteiger partial charge in [0.15, 0.2) is 0 Å². The molecule has 3 atom stereocenters. The molecule has 0 fully saturated rings. The maximum Gasteiger partial charge on any atom is 0.269 e. The van der Waals surface area contributed by atoms with Crippen molar-refractivity contribution in [2.75, 3.05) is 15.0 Å². The van der Waals surface area contributed by atoms with Crippen molar-refractivity contribution < 1.29 is 19.3 Å². The van der Waals surface area contributed by atoms with Crippen molar-refractivity contribution in [3.8, 4) is 0 Å². The predicted octanol–water partition coefficient (Wildman–Crippen LogP) is 5.41. The zero-order valence-electron chi connectivity index (χ0n) is 25.3. The van der Waals surface area contributed by atoms with E-state index in [2.05, 4.69) is 5.10 Å². The van der Waals surface area contributed by atoms with Gasteiger partial charge in [-0.1, -0.05) is 54.6 Å². The molecule has 7 rings (SSSR count). The fourth-order valence-electron chi connectivity index (χ4n) is 6.62. The van der Waals surface area contributed by atoms with Gasteiger partial charge in [-0.2, -0.15) is 25.3 Å². The predicted molar refractivity (Wildman–Crippen MR) is 177 cm³/mol. The lowest BCUT2D eigenvalue weighted by Crippen LogP contribution is -2.59.